The molecule has 1 aliphatic carbocycles. The first kappa shape index (κ1) is 13.0. The number of fused-ring (bicyclic) bond motifs is 1. The summed E-state index contributed by atoms with van der Waals surface area (Å²) in [6, 6.07) is 9.54. The van der Waals surface area contributed by atoms with Crippen LogP contribution >= 0.6 is 11.8 Å². The summed E-state index contributed by atoms with van der Waals surface area (Å²) in [5, 5.41) is 3.69. The van der Waals surface area contributed by atoms with Gasteiger partial charge in [-0.3, -0.25) is 0 Å². The Hall–Kier alpha value is -0.470. The van der Waals surface area contributed by atoms with Crippen molar-refractivity contribution in [2.75, 3.05) is 18.6 Å². The first-order valence-electron chi connectivity index (χ1n) is 6.67. The van der Waals surface area contributed by atoms with Gasteiger partial charge >= 0.3 is 0 Å². The average Bonchev–Trinajstić information content (AvgIpc) is 2.38. The Balaban J connectivity index is 2.16. The van der Waals surface area contributed by atoms with Crippen molar-refractivity contribution < 1.29 is 0 Å². The molecule has 2 unspecified atom stereocenters. The van der Waals surface area contributed by atoms with Crippen molar-refractivity contribution in [2.45, 2.75) is 32.2 Å². The Bertz CT molecular complexity index is 351. The Morgan fingerprint density at radius 1 is 1.35 bits per heavy atom. The fourth-order valence-electron chi connectivity index (χ4n) is 2.90. The van der Waals surface area contributed by atoms with Crippen molar-refractivity contribution in [1.29, 1.82) is 0 Å². The molecule has 0 bridgehead atoms. The van der Waals surface area contributed by atoms with Crippen molar-refractivity contribution in [1.82, 2.24) is 5.32 Å². The highest BCUT2D eigenvalue weighted by Gasteiger charge is 2.27. The fraction of sp³-hybridized carbons (Fsp3) is 0.600. The largest absolute Gasteiger partial charge is 0.310 e. The topological polar surface area (TPSA) is 12.0 Å². The Labute approximate surface area is 109 Å². The van der Waals surface area contributed by atoms with Crippen molar-refractivity contribution in [3.8, 4) is 0 Å². The lowest BCUT2D eigenvalue weighted by Gasteiger charge is -2.34. The van der Waals surface area contributed by atoms with Gasteiger partial charge in [0.2, 0.25) is 0 Å². The van der Waals surface area contributed by atoms with Gasteiger partial charge in [-0.1, -0.05) is 31.2 Å². The van der Waals surface area contributed by atoms with Crippen LogP contribution in [0.15, 0.2) is 24.3 Å². The molecule has 2 rings (SSSR count). The average molecular weight is 249 g/mol. The quantitative estimate of drug-likeness (QED) is 0.855. The molecule has 1 aromatic carbocycles. The highest BCUT2D eigenvalue weighted by molar-refractivity contribution is 7.98. The van der Waals surface area contributed by atoms with Crippen molar-refractivity contribution in [2.24, 2.45) is 5.92 Å². The van der Waals surface area contributed by atoms with Crippen LogP contribution in [0, 0.1) is 5.92 Å². The third-order valence-electron chi connectivity index (χ3n) is 3.76. The Morgan fingerprint density at radius 2 is 2.18 bits per heavy atom. The van der Waals surface area contributed by atoms with E-state index in [-0.39, 0.29) is 0 Å². The van der Waals surface area contributed by atoms with Crippen LogP contribution in [0.4, 0.5) is 0 Å². The number of benzene rings is 1. The van der Waals surface area contributed by atoms with E-state index in [1.165, 1.54) is 25.0 Å². The monoisotopic (exact) mass is 249 g/mol. The van der Waals surface area contributed by atoms with Gasteiger partial charge in [-0.2, -0.15) is 11.8 Å². The van der Waals surface area contributed by atoms with Crippen molar-refractivity contribution in [3.63, 3.8) is 0 Å². The molecule has 1 aromatic rings. The molecule has 2 atom stereocenters. The molecule has 0 heterocycles. The number of hydrogen-bond donors (Lipinski definition) is 1. The maximum Gasteiger partial charge on any atom is 0.0351 e. The lowest BCUT2D eigenvalue weighted by Crippen LogP contribution is -2.32. The Kier molecular flexibility index (Phi) is 4.93. The van der Waals surface area contributed by atoms with Gasteiger partial charge in [0.25, 0.3) is 0 Å². The third kappa shape index (κ3) is 3.05. The summed E-state index contributed by atoms with van der Waals surface area (Å²) in [6.07, 6.45) is 6.15. The van der Waals surface area contributed by atoms with E-state index in [4.69, 9.17) is 0 Å². The molecule has 1 nitrogen and oxygen atoms in total. The molecule has 17 heavy (non-hydrogen) atoms. The first-order chi connectivity index (χ1) is 8.36. The number of thioether (sulfide) groups is 1. The lowest BCUT2D eigenvalue weighted by atomic mass is 9.78. The van der Waals surface area contributed by atoms with Gasteiger partial charge in [0.05, 0.1) is 0 Å². The molecule has 0 spiro atoms. The maximum atomic E-state index is 3.69. The predicted molar refractivity (Wildman–Crippen MR) is 77.7 cm³/mol. The standard InChI is InChI=1S/C15H23NS/c1-3-16-15-13(10-11-17-2)9-8-12-6-4-5-7-14(12)15/h4-7,13,15-16H,3,8-11H2,1-2H3. The SMILES string of the molecule is CCNC1c2ccccc2CCC1CCSC. The molecule has 0 saturated heterocycles. The highest BCUT2D eigenvalue weighted by Crippen LogP contribution is 2.36. The van der Waals surface area contributed by atoms with Gasteiger partial charge in [-0.25, -0.2) is 0 Å². The van der Waals surface area contributed by atoms with Crippen LogP contribution in [0.1, 0.15) is 36.9 Å². The van der Waals surface area contributed by atoms with E-state index in [9.17, 15) is 0 Å². The summed E-state index contributed by atoms with van der Waals surface area (Å²) in [5.41, 5.74) is 3.10. The Morgan fingerprint density at radius 3 is 2.94 bits per heavy atom. The van der Waals surface area contributed by atoms with Crippen LogP contribution in [-0.4, -0.2) is 18.6 Å². The molecule has 94 valence electrons. The zero-order chi connectivity index (χ0) is 12.1. The molecule has 0 aliphatic heterocycles. The molecule has 2 heteroatoms. The molecule has 0 saturated carbocycles. The van der Waals surface area contributed by atoms with Crippen LogP contribution in [-0.2, 0) is 6.42 Å². The van der Waals surface area contributed by atoms with Gasteiger partial charge in [-0.05, 0) is 54.9 Å². The summed E-state index contributed by atoms with van der Waals surface area (Å²) in [5.74, 6) is 2.10. The van der Waals surface area contributed by atoms with Crippen molar-refractivity contribution >= 4 is 11.8 Å². The zero-order valence-electron chi connectivity index (χ0n) is 10.9. The second-order valence-electron chi connectivity index (χ2n) is 4.81. The highest BCUT2D eigenvalue weighted by atomic mass is 32.2. The maximum absolute atomic E-state index is 3.69. The van der Waals surface area contributed by atoms with E-state index in [0.29, 0.717) is 6.04 Å². The molecule has 0 radical (unpaired) electrons. The molecule has 0 amide bonds. The van der Waals surface area contributed by atoms with Crippen LogP contribution in [0.25, 0.3) is 0 Å². The van der Waals surface area contributed by atoms with Gasteiger partial charge in [0, 0.05) is 6.04 Å². The summed E-state index contributed by atoms with van der Waals surface area (Å²) in [4.78, 5) is 0. The minimum absolute atomic E-state index is 0.581. The van der Waals surface area contributed by atoms with Crippen LogP contribution in [0.2, 0.25) is 0 Å². The van der Waals surface area contributed by atoms with E-state index in [1.807, 2.05) is 11.8 Å². The van der Waals surface area contributed by atoms with Gasteiger partial charge in [0.15, 0.2) is 0 Å². The summed E-state index contributed by atoms with van der Waals surface area (Å²) in [6.45, 7) is 3.28. The van der Waals surface area contributed by atoms with E-state index in [0.717, 1.165) is 12.5 Å². The van der Waals surface area contributed by atoms with E-state index in [2.05, 4.69) is 42.8 Å². The van der Waals surface area contributed by atoms with Crippen LogP contribution < -0.4 is 5.32 Å². The minimum atomic E-state index is 0.581. The number of nitrogens with one attached hydrogen (secondary N) is 1. The minimum Gasteiger partial charge on any atom is -0.310 e. The molecule has 1 N–H and O–H groups in total. The predicted octanol–water partition coefficient (Wildman–Crippen LogP) is 3.65. The smallest absolute Gasteiger partial charge is 0.0351 e. The van der Waals surface area contributed by atoms with Crippen molar-refractivity contribution in [3.05, 3.63) is 35.4 Å². The summed E-state index contributed by atoms with van der Waals surface area (Å²) < 4.78 is 0. The number of aryl methyl sites for hydroxylation is 1. The van der Waals surface area contributed by atoms with E-state index in [1.54, 1.807) is 11.1 Å². The van der Waals surface area contributed by atoms with Gasteiger partial charge < -0.3 is 5.32 Å². The van der Waals surface area contributed by atoms with E-state index >= 15 is 0 Å². The second-order valence-corrected chi connectivity index (χ2v) is 5.80. The van der Waals surface area contributed by atoms with E-state index < -0.39 is 0 Å². The molecule has 0 aromatic heterocycles. The van der Waals surface area contributed by atoms with Crippen LogP contribution in [0.5, 0.6) is 0 Å². The van der Waals surface area contributed by atoms with Crippen LogP contribution in [0.3, 0.4) is 0 Å². The molecular formula is C15H23NS. The molecule has 1 aliphatic rings. The molecular weight excluding hydrogens is 226 g/mol. The normalized spacial score (nSPS) is 23.4. The van der Waals surface area contributed by atoms with Gasteiger partial charge in [0.1, 0.15) is 0 Å². The van der Waals surface area contributed by atoms with Gasteiger partial charge in [-0.15, -0.1) is 0 Å². The summed E-state index contributed by atoms with van der Waals surface area (Å²) >= 11 is 1.97. The zero-order valence-corrected chi connectivity index (χ0v) is 11.7. The first-order valence-corrected chi connectivity index (χ1v) is 8.06. The molecule has 0 fully saturated rings. The second kappa shape index (κ2) is 6.46. The lowest BCUT2D eigenvalue weighted by molar-refractivity contribution is 0.318. The fourth-order valence-corrected chi connectivity index (χ4v) is 3.44. The summed E-state index contributed by atoms with van der Waals surface area (Å²) in [7, 11) is 0. The third-order valence-corrected chi connectivity index (χ3v) is 4.41. The number of rotatable bonds is 5. The number of hydrogen-bond acceptors (Lipinski definition) is 2.